The topological polar surface area (TPSA) is 70.0 Å². The summed E-state index contributed by atoms with van der Waals surface area (Å²) in [5, 5.41) is 15.7. The number of carboxylic acids is 1. The van der Waals surface area contributed by atoms with Crippen LogP contribution in [0.4, 0.5) is 8.78 Å². The second-order valence-corrected chi connectivity index (χ2v) is 8.70. The van der Waals surface area contributed by atoms with E-state index in [9.17, 15) is 23.5 Å². The summed E-state index contributed by atoms with van der Waals surface area (Å²) < 4.78 is 27.1. The number of carboxylic acid groups (broad SMARTS) is 1. The van der Waals surface area contributed by atoms with Gasteiger partial charge in [0, 0.05) is 5.92 Å². The summed E-state index contributed by atoms with van der Waals surface area (Å²) >= 11 is 0. The molecule has 7 heteroatoms. The maximum Gasteiger partial charge on any atom is 0.336 e. The molecule has 1 fully saturated rings. The number of hydrogen-bond donors (Lipinski definition) is 1. The maximum absolute atomic E-state index is 13.7. The lowest BCUT2D eigenvalue weighted by molar-refractivity contribution is 0.0645. The van der Waals surface area contributed by atoms with E-state index in [1.165, 1.54) is 41.4 Å². The number of carbonyl (C=O) groups excluding carboxylic acids is 1. The summed E-state index contributed by atoms with van der Waals surface area (Å²) in [6.45, 7) is 0. The number of allylic oxidation sites excluding steroid dienone is 1. The molecule has 2 aliphatic rings. The Bertz CT molecular complexity index is 1350. The van der Waals surface area contributed by atoms with Gasteiger partial charge < -0.3 is 5.11 Å². The van der Waals surface area contributed by atoms with Gasteiger partial charge >= 0.3 is 5.97 Å². The fourth-order valence-electron chi connectivity index (χ4n) is 4.90. The molecule has 0 spiro atoms. The quantitative estimate of drug-likeness (QED) is 0.499. The second-order valence-electron chi connectivity index (χ2n) is 8.70. The molecule has 1 aliphatic carbocycles. The van der Waals surface area contributed by atoms with E-state index in [-0.39, 0.29) is 28.7 Å². The van der Waals surface area contributed by atoms with Crippen LogP contribution in [0.5, 0.6) is 0 Å². The number of carbonyl (C=O) groups is 2. The number of hydrazone groups is 1. The van der Waals surface area contributed by atoms with E-state index in [0.717, 1.165) is 41.7 Å². The zero-order chi connectivity index (χ0) is 24.5. The molecular weight excluding hydrogens is 450 g/mol. The summed E-state index contributed by atoms with van der Waals surface area (Å²) in [6, 6.07) is 17.7. The first-order chi connectivity index (χ1) is 16.9. The molecule has 3 aromatic carbocycles. The van der Waals surface area contributed by atoms with Crippen LogP contribution in [0.25, 0.3) is 6.08 Å². The molecule has 0 radical (unpaired) electrons. The Kier molecular flexibility index (Phi) is 5.99. The van der Waals surface area contributed by atoms with Gasteiger partial charge in [-0.2, -0.15) is 5.10 Å². The number of benzene rings is 3. The monoisotopic (exact) mass is 472 g/mol. The summed E-state index contributed by atoms with van der Waals surface area (Å²) in [6.07, 6.45) is 4.33. The number of fused-ring (bicyclic) bond motifs is 1. The van der Waals surface area contributed by atoms with Gasteiger partial charge in [-0.15, -0.1) is 0 Å². The Morgan fingerprint density at radius 1 is 0.914 bits per heavy atom. The Hall–Kier alpha value is -4.13. The van der Waals surface area contributed by atoms with Gasteiger partial charge in [0.15, 0.2) is 0 Å². The highest BCUT2D eigenvalue weighted by Crippen LogP contribution is 2.45. The largest absolute Gasteiger partial charge is 0.478 e. The Morgan fingerprint density at radius 3 is 2.20 bits per heavy atom. The van der Waals surface area contributed by atoms with Crippen LogP contribution in [0.3, 0.4) is 0 Å². The van der Waals surface area contributed by atoms with Crippen molar-refractivity contribution in [1.29, 1.82) is 0 Å². The van der Waals surface area contributed by atoms with Crippen LogP contribution in [0.1, 0.15) is 57.1 Å². The molecule has 1 amide bonds. The number of hydrogen-bond acceptors (Lipinski definition) is 3. The highest BCUT2D eigenvalue weighted by molar-refractivity contribution is 6.10. The van der Waals surface area contributed by atoms with Gasteiger partial charge in [0.1, 0.15) is 11.6 Å². The number of aromatic carboxylic acids is 1. The summed E-state index contributed by atoms with van der Waals surface area (Å²) in [5.41, 5.74) is 3.17. The van der Waals surface area contributed by atoms with E-state index in [4.69, 9.17) is 5.10 Å². The molecule has 2 atom stereocenters. The van der Waals surface area contributed by atoms with Crippen molar-refractivity contribution in [2.75, 3.05) is 0 Å². The maximum atomic E-state index is 13.7. The van der Waals surface area contributed by atoms with Crippen LogP contribution in [0.2, 0.25) is 0 Å². The first kappa shape index (κ1) is 22.7. The number of halogens is 2. The normalized spacial score (nSPS) is 20.5. The molecule has 0 bridgehead atoms. The smallest absolute Gasteiger partial charge is 0.336 e. The number of nitrogens with zero attached hydrogens (tertiary/aromatic N) is 2. The molecule has 5 nitrogen and oxygen atoms in total. The van der Waals surface area contributed by atoms with Crippen molar-refractivity contribution in [3.63, 3.8) is 0 Å². The number of rotatable bonds is 4. The molecule has 176 valence electrons. The van der Waals surface area contributed by atoms with E-state index < -0.39 is 17.9 Å². The standard InChI is InChI=1S/C28H22F2N2O3/c29-20-12-8-17(9-13-20)16-19-4-3-7-24-25(19)31-32(26(24)18-10-14-21(30)15-11-18)27(33)22-5-1-2-6-23(22)28(34)35/h1-2,5-6,8-16,24,26H,3-4,7H2,(H,34,35)/b19-16-. The first-order valence-corrected chi connectivity index (χ1v) is 11.4. The molecule has 5 rings (SSSR count). The average Bonchev–Trinajstić information content (AvgIpc) is 3.26. The molecule has 1 heterocycles. The first-order valence-electron chi connectivity index (χ1n) is 11.4. The van der Waals surface area contributed by atoms with Crippen LogP contribution >= 0.6 is 0 Å². The van der Waals surface area contributed by atoms with Crippen LogP contribution in [0.15, 0.2) is 83.5 Å². The molecule has 1 N–H and O–H groups in total. The van der Waals surface area contributed by atoms with Gasteiger partial charge in [0.05, 0.1) is 22.9 Å². The van der Waals surface area contributed by atoms with Crippen molar-refractivity contribution in [3.8, 4) is 0 Å². The summed E-state index contributed by atoms with van der Waals surface area (Å²) in [4.78, 5) is 25.5. The predicted molar refractivity (Wildman–Crippen MR) is 128 cm³/mol. The van der Waals surface area contributed by atoms with Crippen LogP contribution in [0, 0.1) is 17.6 Å². The Morgan fingerprint density at radius 2 is 1.54 bits per heavy atom. The molecule has 1 saturated carbocycles. The zero-order valence-corrected chi connectivity index (χ0v) is 18.7. The third kappa shape index (κ3) is 4.37. The summed E-state index contributed by atoms with van der Waals surface area (Å²) in [5.74, 6) is -2.57. The fourth-order valence-corrected chi connectivity index (χ4v) is 4.90. The van der Waals surface area contributed by atoms with Crippen molar-refractivity contribution in [3.05, 3.63) is 112 Å². The van der Waals surface area contributed by atoms with Crippen molar-refractivity contribution < 1.29 is 23.5 Å². The third-order valence-corrected chi connectivity index (χ3v) is 6.52. The molecule has 1 aliphatic heterocycles. The van der Waals surface area contributed by atoms with Crippen molar-refractivity contribution >= 4 is 23.7 Å². The number of amides is 1. The molecular formula is C28H22F2N2O3. The van der Waals surface area contributed by atoms with Crippen molar-refractivity contribution in [2.45, 2.75) is 25.3 Å². The molecule has 0 saturated heterocycles. The predicted octanol–water partition coefficient (Wildman–Crippen LogP) is 6.10. The van der Waals surface area contributed by atoms with Crippen LogP contribution in [-0.2, 0) is 0 Å². The van der Waals surface area contributed by atoms with Crippen molar-refractivity contribution in [1.82, 2.24) is 5.01 Å². The molecule has 0 aromatic heterocycles. The lowest BCUT2D eigenvalue weighted by Crippen LogP contribution is -2.32. The van der Waals surface area contributed by atoms with E-state index >= 15 is 0 Å². The van der Waals surface area contributed by atoms with Crippen molar-refractivity contribution in [2.24, 2.45) is 11.0 Å². The van der Waals surface area contributed by atoms with Gasteiger partial charge in [0.2, 0.25) is 0 Å². The van der Waals surface area contributed by atoms with Gasteiger partial charge in [-0.3, -0.25) is 4.79 Å². The molecule has 35 heavy (non-hydrogen) atoms. The lowest BCUT2D eigenvalue weighted by atomic mass is 9.77. The van der Waals surface area contributed by atoms with Gasteiger partial charge in [-0.05, 0) is 78.4 Å². The molecule has 2 unspecified atom stereocenters. The SMILES string of the molecule is O=C(O)c1ccccc1C(=O)N1N=C2/C(=C\c3ccc(F)cc3)CCCC2C1c1ccc(F)cc1. The summed E-state index contributed by atoms with van der Waals surface area (Å²) in [7, 11) is 0. The minimum absolute atomic E-state index is 0.0409. The molecule has 3 aromatic rings. The van der Waals surface area contributed by atoms with Crippen LogP contribution < -0.4 is 0 Å². The minimum atomic E-state index is -1.20. The zero-order valence-electron chi connectivity index (χ0n) is 18.7. The average molecular weight is 472 g/mol. The third-order valence-electron chi connectivity index (χ3n) is 6.52. The fraction of sp³-hybridized carbons (Fsp3) is 0.179. The van der Waals surface area contributed by atoms with Crippen LogP contribution in [-0.4, -0.2) is 27.7 Å². The highest BCUT2D eigenvalue weighted by Gasteiger charge is 2.44. The van der Waals surface area contributed by atoms with E-state index in [1.54, 1.807) is 36.4 Å². The van der Waals surface area contributed by atoms with E-state index in [0.29, 0.717) is 0 Å². The van der Waals surface area contributed by atoms with E-state index in [1.807, 2.05) is 6.08 Å². The Labute approximate surface area is 201 Å². The highest BCUT2D eigenvalue weighted by atomic mass is 19.1. The minimum Gasteiger partial charge on any atom is -0.478 e. The second kappa shape index (κ2) is 9.25. The van der Waals surface area contributed by atoms with Gasteiger partial charge in [0.25, 0.3) is 5.91 Å². The van der Waals surface area contributed by atoms with E-state index in [2.05, 4.69) is 0 Å². The Balaban J connectivity index is 1.60. The lowest BCUT2D eigenvalue weighted by Gasteiger charge is -2.30. The van der Waals surface area contributed by atoms with Gasteiger partial charge in [-0.25, -0.2) is 18.6 Å². The van der Waals surface area contributed by atoms with Gasteiger partial charge in [-0.1, -0.05) is 36.4 Å².